The Labute approximate surface area is 151 Å². The molecule has 0 saturated heterocycles. The molecule has 26 heavy (non-hydrogen) atoms. The third kappa shape index (κ3) is 2.90. The smallest absolute Gasteiger partial charge is 0.350 e. The van der Waals surface area contributed by atoms with Gasteiger partial charge in [-0.05, 0) is 24.3 Å². The number of hydrogen-bond donors (Lipinski definition) is 1. The standard InChI is InChI=1S/C16H12N6O3S/c23-14(9-3-4-11-12(8-9)21-26-20-11)18-6-7-22-15(24)10-2-1-5-17-13(10)19-16(22)25/h1-5,8,10H,6-7H2,(H,18,23). The molecule has 2 aliphatic heterocycles. The lowest BCUT2D eigenvalue weighted by molar-refractivity contribution is -0.129. The molecule has 0 radical (unpaired) electrons. The quantitative estimate of drug-likeness (QED) is 0.865. The first-order valence-electron chi connectivity index (χ1n) is 7.79. The summed E-state index contributed by atoms with van der Waals surface area (Å²) in [5.74, 6) is -1.15. The second-order valence-corrected chi connectivity index (χ2v) is 6.14. The molecule has 1 aromatic heterocycles. The minimum absolute atomic E-state index is 0.0365. The van der Waals surface area contributed by atoms with Crippen LogP contribution in [-0.2, 0) is 4.79 Å². The van der Waals surface area contributed by atoms with Crippen molar-refractivity contribution >= 4 is 52.7 Å². The number of rotatable bonds is 4. The summed E-state index contributed by atoms with van der Waals surface area (Å²) in [5, 5.41) is 2.69. The fraction of sp³-hybridized carbons (Fsp3) is 0.188. The van der Waals surface area contributed by atoms with E-state index in [2.05, 4.69) is 24.0 Å². The Morgan fingerprint density at radius 3 is 2.96 bits per heavy atom. The summed E-state index contributed by atoms with van der Waals surface area (Å²) in [4.78, 5) is 45.5. The van der Waals surface area contributed by atoms with Gasteiger partial charge in [-0.15, -0.1) is 0 Å². The normalized spacial score (nSPS) is 18.8. The molecule has 0 saturated carbocycles. The number of amidine groups is 1. The minimum Gasteiger partial charge on any atom is -0.350 e. The molecule has 9 nitrogen and oxygen atoms in total. The van der Waals surface area contributed by atoms with Crippen molar-refractivity contribution in [1.82, 2.24) is 19.0 Å². The third-order valence-corrected chi connectivity index (χ3v) is 4.54. The maximum Gasteiger partial charge on any atom is 0.352 e. The monoisotopic (exact) mass is 368 g/mol. The van der Waals surface area contributed by atoms with E-state index in [-0.39, 0.29) is 24.8 Å². The molecule has 130 valence electrons. The molecule has 3 heterocycles. The number of aromatic nitrogens is 2. The number of allylic oxidation sites excluding steroid dienone is 1. The van der Waals surface area contributed by atoms with Crippen molar-refractivity contribution in [3.05, 3.63) is 35.9 Å². The van der Waals surface area contributed by atoms with Crippen LogP contribution in [0.1, 0.15) is 10.4 Å². The fourth-order valence-electron chi connectivity index (χ4n) is 2.67. The predicted molar refractivity (Wildman–Crippen MR) is 95.4 cm³/mol. The fourth-order valence-corrected chi connectivity index (χ4v) is 3.19. The molecule has 2 aromatic rings. The highest BCUT2D eigenvalue weighted by Crippen LogP contribution is 2.18. The second-order valence-electron chi connectivity index (χ2n) is 5.61. The van der Waals surface area contributed by atoms with Crippen molar-refractivity contribution in [2.45, 2.75) is 0 Å². The van der Waals surface area contributed by atoms with Crippen molar-refractivity contribution in [2.75, 3.05) is 13.1 Å². The third-order valence-electron chi connectivity index (χ3n) is 3.98. The molecule has 4 amide bonds. The molecule has 1 N–H and O–H groups in total. The van der Waals surface area contributed by atoms with Gasteiger partial charge in [0, 0.05) is 24.9 Å². The van der Waals surface area contributed by atoms with Crippen LogP contribution in [0.25, 0.3) is 11.0 Å². The van der Waals surface area contributed by atoms with Crippen LogP contribution in [0, 0.1) is 5.92 Å². The molecule has 0 spiro atoms. The minimum atomic E-state index is -0.669. The van der Waals surface area contributed by atoms with Gasteiger partial charge in [-0.1, -0.05) is 6.08 Å². The summed E-state index contributed by atoms with van der Waals surface area (Å²) in [7, 11) is 0. The molecule has 1 aromatic carbocycles. The number of nitrogens with one attached hydrogen (secondary N) is 1. The van der Waals surface area contributed by atoms with Gasteiger partial charge >= 0.3 is 6.03 Å². The Balaban J connectivity index is 1.39. The Bertz CT molecular complexity index is 1010. The van der Waals surface area contributed by atoms with Gasteiger partial charge in [0.05, 0.1) is 11.7 Å². The van der Waals surface area contributed by atoms with Crippen molar-refractivity contribution < 1.29 is 14.4 Å². The number of carbonyl (C=O) groups excluding carboxylic acids is 3. The van der Waals surface area contributed by atoms with E-state index >= 15 is 0 Å². The molecule has 0 bridgehead atoms. The lowest BCUT2D eigenvalue weighted by Gasteiger charge is -2.27. The van der Waals surface area contributed by atoms with Crippen molar-refractivity contribution in [1.29, 1.82) is 0 Å². The van der Waals surface area contributed by atoms with Gasteiger partial charge in [-0.2, -0.15) is 13.7 Å². The maximum atomic E-state index is 12.4. The first-order valence-corrected chi connectivity index (χ1v) is 8.52. The van der Waals surface area contributed by atoms with Crippen LogP contribution >= 0.6 is 11.7 Å². The lowest BCUT2D eigenvalue weighted by atomic mass is 10.0. The summed E-state index contributed by atoms with van der Waals surface area (Å²) in [6.45, 7) is 0.156. The zero-order valence-electron chi connectivity index (χ0n) is 13.3. The Hall–Kier alpha value is -3.27. The Morgan fingerprint density at radius 2 is 2.08 bits per heavy atom. The summed E-state index contributed by atoms with van der Waals surface area (Å²) in [6.07, 6.45) is 4.77. The zero-order chi connectivity index (χ0) is 18.1. The number of hydrogen-bond acceptors (Lipinski definition) is 7. The molecule has 1 unspecified atom stereocenters. The van der Waals surface area contributed by atoms with E-state index in [1.54, 1.807) is 30.4 Å². The van der Waals surface area contributed by atoms with Crippen LogP contribution in [0.15, 0.2) is 40.3 Å². The molecular formula is C16H12N6O3S. The second kappa shape index (κ2) is 6.56. The number of fused-ring (bicyclic) bond motifs is 2. The van der Waals surface area contributed by atoms with Gasteiger partial charge in [0.1, 0.15) is 22.8 Å². The van der Waals surface area contributed by atoms with Gasteiger partial charge in [-0.25, -0.2) is 9.79 Å². The topological polar surface area (TPSA) is 117 Å². The first-order chi connectivity index (χ1) is 12.6. The predicted octanol–water partition coefficient (Wildman–Crippen LogP) is 1.04. The molecular weight excluding hydrogens is 356 g/mol. The SMILES string of the molecule is O=C(NCCN1C(=O)N=C2N=CC=CC2C1=O)c1ccc2nsnc2c1. The van der Waals surface area contributed by atoms with Crippen LogP contribution in [0.3, 0.4) is 0 Å². The van der Waals surface area contributed by atoms with Crippen LogP contribution in [0.2, 0.25) is 0 Å². The van der Waals surface area contributed by atoms with E-state index in [0.29, 0.717) is 11.1 Å². The number of nitrogens with zero attached hydrogens (tertiary/aromatic N) is 5. The molecule has 10 heteroatoms. The van der Waals surface area contributed by atoms with E-state index in [0.717, 1.165) is 22.1 Å². The van der Waals surface area contributed by atoms with E-state index < -0.39 is 17.9 Å². The average Bonchev–Trinajstić information content (AvgIpc) is 3.12. The van der Waals surface area contributed by atoms with E-state index in [1.165, 1.54) is 6.21 Å². The largest absolute Gasteiger partial charge is 0.352 e. The average molecular weight is 368 g/mol. The number of aliphatic imine (C=N–C) groups is 2. The van der Waals surface area contributed by atoms with Gasteiger partial charge < -0.3 is 5.32 Å². The summed E-state index contributed by atoms with van der Waals surface area (Å²) in [5.41, 5.74) is 1.81. The number of urea groups is 1. The van der Waals surface area contributed by atoms with Gasteiger partial charge in [0.15, 0.2) is 0 Å². The highest BCUT2D eigenvalue weighted by atomic mass is 32.1. The number of imide groups is 1. The van der Waals surface area contributed by atoms with Crippen LogP contribution in [-0.4, -0.2) is 56.6 Å². The highest BCUT2D eigenvalue weighted by Gasteiger charge is 2.36. The van der Waals surface area contributed by atoms with Crippen LogP contribution < -0.4 is 5.32 Å². The zero-order valence-corrected chi connectivity index (χ0v) is 14.1. The van der Waals surface area contributed by atoms with E-state index in [4.69, 9.17) is 0 Å². The number of dihydropyridines is 1. The summed E-state index contributed by atoms with van der Waals surface area (Å²) < 4.78 is 8.18. The Morgan fingerprint density at radius 1 is 1.23 bits per heavy atom. The van der Waals surface area contributed by atoms with E-state index in [9.17, 15) is 14.4 Å². The van der Waals surface area contributed by atoms with Gasteiger partial charge in [0.2, 0.25) is 5.91 Å². The summed E-state index contributed by atoms with van der Waals surface area (Å²) >= 11 is 1.08. The molecule has 4 rings (SSSR count). The van der Waals surface area contributed by atoms with Crippen LogP contribution in [0.5, 0.6) is 0 Å². The van der Waals surface area contributed by atoms with E-state index in [1.807, 2.05) is 0 Å². The molecule has 0 fully saturated rings. The number of benzene rings is 1. The molecule has 2 aliphatic rings. The molecule has 1 atom stereocenters. The Kier molecular flexibility index (Phi) is 4.09. The highest BCUT2D eigenvalue weighted by molar-refractivity contribution is 7.00. The lowest BCUT2D eigenvalue weighted by Crippen LogP contribution is -2.48. The van der Waals surface area contributed by atoms with Crippen molar-refractivity contribution in [3.8, 4) is 0 Å². The first kappa shape index (κ1) is 16.2. The van der Waals surface area contributed by atoms with Crippen LogP contribution in [0.4, 0.5) is 4.79 Å². The molecule has 0 aliphatic carbocycles. The summed E-state index contributed by atoms with van der Waals surface area (Å²) in [6, 6.07) is 4.35. The maximum absolute atomic E-state index is 12.4. The van der Waals surface area contributed by atoms with Crippen molar-refractivity contribution in [2.24, 2.45) is 15.9 Å². The number of carbonyl (C=O) groups is 3. The number of amides is 4. The van der Waals surface area contributed by atoms with Gasteiger partial charge in [-0.3, -0.25) is 14.5 Å². The van der Waals surface area contributed by atoms with Crippen molar-refractivity contribution in [3.63, 3.8) is 0 Å². The van der Waals surface area contributed by atoms with Gasteiger partial charge in [0.25, 0.3) is 5.91 Å².